The lowest BCUT2D eigenvalue weighted by molar-refractivity contribution is -0.147. The number of anilines is 1. The highest BCUT2D eigenvalue weighted by molar-refractivity contribution is 6.44. The third-order valence-corrected chi connectivity index (χ3v) is 4.44. The lowest BCUT2D eigenvalue weighted by Crippen LogP contribution is -2.21. The lowest BCUT2D eigenvalue weighted by atomic mass is 10.3. The van der Waals surface area contributed by atoms with E-state index < -0.39 is 18.5 Å². The number of carbonyl (C=O) groups is 2. The van der Waals surface area contributed by atoms with Gasteiger partial charge in [0.25, 0.3) is 5.91 Å². The molecule has 8 nitrogen and oxygen atoms in total. The van der Waals surface area contributed by atoms with Gasteiger partial charge in [0.15, 0.2) is 12.4 Å². The van der Waals surface area contributed by atoms with Crippen LogP contribution in [0.3, 0.4) is 0 Å². The molecule has 0 aliphatic carbocycles. The summed E-state index contributed by atoms with van der Waals surface area (Å²) in [5, 5.41) is 6.93. The number of furan rings is 1. The Bertz CT molecular complexity index is 988. The summed E-state index contributed by atoms with van der Waals surface area (Å²) in [7, 11) is 0. The monoisotopic (exact) mass is 443 g/mol. The second-order valence-corrected chi connectivity index (χ2v) is 6.67. The van der Waals surface area contributed by atoms with Crippen LogP contribution in [-0.4, -0.2) is 28.6 Å². The van der Waals surface area contributed by atoms with Gasteiger partial charge in [0.05, 0.1) is 33.4 Å². The van der Waals surface area contributed by atoms with E-state index in [1.807, 2.05) is 0 Å². The molecule has 1 aromatic carbocycles. The molecule has 2 heterocycles. The van der Waals surface area contributed by atoms with E-state index in [-0.39, 0.29) is 45.3 Å². The average Bonchev–Trinajstić information content (AvgIpc) is 3.34. The Morgan fingerprint density at radius 1 is 1.14 bits per heavy atom. The van der Waals surface area contributed by atoms with Gasteiger partial charge in [-0.15, -0.1) is 0 Å². The van der Waals surface area contributed by atoms with Crippen LogP contribution in [0.15, 0.2) is 39.5 Å². The third kappa shape index (κ3) is 5.25. The number of rotatable bonds is 7. The number of nitrogens with zero attached hydrogens (tertiary/aromatic N) is 2. The SMILES string of the molecule is O=C(COC(=O)CCc1nc(-c2ccco2)no1)Nc1cc(Cl)c(Cl)cc1Cl. The third-order valence-electron chi connectivity index (χ3n) is 3.40. The fourth-order valence-corrected chi connectivity index (χ4v) is 2.69. The van der Waals surface area contributed by atoms with Crippen molar-refractivity contribution >= 4 is 52.4 Å². The molecule has 28 heavy (non-hydrogen) atoms. The minimum atomic E-state index is -0.604. The molecule has 0 saturated carbocycles. The first-order chi connectivity index (χ1) is 13.4. The van der Waals surface area contributed by atoms with E-state index in [2.05, 4.69) is 15.5 Å². The van der Waals surface area contributed by atoms with Crippen LogP contribution in [0.5, 0.6) is 0 Å². The number of nitrogens with one attached hydrogen (secondary N) is 1. The number of benzene rings is 1. The molecule has 3 aromatic rings. The van der Waals surface area contributed by atoms with Gasteiger partial charge in [-0.3, -0.25) is 9.59 Å². The molecule has 0 atom stereocenters. The summed E-state index contributed by atoms with van der Waals surface area (Å²) in [6, 6.07) is 6.17. The molecule has 0 unspecified atom stereocenters. The van der Waals surface area contributed by atoms with E-state index in [0.717, 1.165) is 0 Å². The van der Waals surface area contributed by atoms with E-state index in [1.54, 1.807) is 12.1 Å². The molecule has 0 aliphatic heterocycles. The molecule has 1 amide bonds. The zero-order chi connectivity index (χ0) is 20.1. The normalized spacial score (nSPS) is 10.7. The maximum absolute atomic E-state index is 11.9. The maximum atomic E-state index is 11.9. The van der Waals surface area contributed by atoms with Crippen LogP contribution < -0.4 is 5.32 Å². The Hall–Kier alpha value is -2.55. The van der Waals surface area contributed by atoms with E-state index >= 15 is 0 Å². The number of aromatic nitrogens is 2. The van der Waals surface area contributed by atoms with Crippen LogP contribution in [0.1, 0.15) is 12.3 Å². The predicted octanol–water partition coefficient (Wildman–Crippen LogP) is 4.40. The van der Waals surface area contributed by atoms with Crippen molar-refractivity contribution in [1.29, 1.82) is 0 Å². The van der Waals surface area contributed by atoms with Crippen molar-refractivity contribution in [2.45, 2.75) is 12.8 Å². The van der Waals surface area contributed by atoms with Gasteiger partial charge in [0.1, 0.15) is 0 Å². The second-order valence-electron chi connectivity index (χ2n) is 5.44. The first kappa shape index (κ1) is 20.2. The molecule has 0 fully saturated rings. The van der Waals surface area contributed by atoms with Gasteiger partial charge in [-0.25, -0.2) is 0 Å². The van der Waals surface area contributed by atoms with E-state index in [4.69, 9.17) is 48.5 Å². The summed E-state index contributed by atoms with van der Waals surface area (Å²) in [5.74, 6) is -0.198. The van der Waals surface area contributed by atoms with Gasteiger partial charge in [-0.2, -0.15) is 4.98 Å². The van der Waals surface area contributed by atoms with Crippen molar-refractivity contribution in [3.8, 4) is 11.6 Å². The summed E-state index contributed by atoms with van der Waals surface area (Å²) >= 11 is 17.7. The highest BCUT2D eigenvalue weighted by Crippen LogP contribution is 2.32. The average molecular weight is 445 g/mol. The summed E-state index contributed by atoms with van der Waals surface area (Å²) < 4.78 is 15.1. The van der Waals surface area contributed by atoms with Gasteiger partial charge in [-0.1, -0.05) is 40.0 Å². The molecular formula is C17H12Cl3N3O5. The quantitative estimate of drug-likeness (QED) is 0.425. The zero-order valence-electron chi connectivity index (χ0n) is 14.1. The number of aryl methyl sites for hydroxylation is 1. The number of amides is 1. The summed E-state index contributed by atoms with van der Waals surface area (Å²) in [6.07, 6.45) is 1.60. The van der Waals surface area contributed by atoms with E-state index in [1.165, 1.54) is 18.4 Å². The number of halogens is 3. The number of hydrogen-bond acceptors (Lipinski definition) is 7. The molecule has 0 spiro atoms. The first-order valence-electron chi connectivity index (χ1n) is 7.89. The van der Waals surface area contributed by atoms with Crippen molar-refractivity contribution in [2.24, 2.45) is 0 Å². The van der Waals surface area contributed by atoms with E-state index in [0.29, 0.717) is 5.76 Å². The van der Waals surface area contributed by atoms with Crippen LogP contribution in [0.25, 0.3) is 11.6 Å². The Balaban J connectivity index is 1.44. The van der Waals surface area contributed by atoms with Crippen molar-refractivity contribution < 1.29 is 23.3 Å². The predicted molar refractivity (Wildman–Crippen MR) is 101 cm³/mol. The fraction of sp³-hybridized carbons (Fsp3) is 0.176. The smallest absolute Gasteiger partial charge is 0.306 e. The Morgan fingerprint density at radius 3 is 2.68 bits per heavy atom. The summed E-state index contributed by atoms with van der Waals surface area (Å²) in [4.78, 5) is 27.8. The number of esters is 1. The van der Waals surface area contributed by atoms with Gasteiger partial charge >= 0.3 is 5.97 Å². The lowest BCUT2D eigenvalue weighted by Gasteiger charge is -2.09. The van der Waals surface area contributed by atoms with Crippen molar-refractivity contribution in [3.05, 3.63) is 51.5 Å². The van der Waals surface area contributed by atoms with Crippen LogP contribution >= 0.6 is 34.8 Å². The Kier molecular flexibility index (Phi) is 6.56. The topological polar surface area (TPSA) is 107 Å². The molecule has 0 aliphatic rings. The fourth-order valence-electron chi connectivity index (χ4n) is 2.09. The molecule has 0 bridgehead atoms. The molecule has 0 saturated heterocycles. The van der Waals surface area contributed by atoms with Crippen LogP contribution in [0.4, 0.5) is 5.69 Å². The highest BCUT2D eigenvalue weighted by atomic mass is 35.5. The number of ether oxygens (including phenoxy) is 1. The minimum absolute atomic E-state index is 0.0411. The van der Waals surface area contributed by atoms with Gasteiger partial charge in [0.2, 0.25) is 11.7 Å². The van der Waals surface area contributed by atoms with Crippen LogP contribution in [-0.2, 0) is 20.7 Å². The van der Waals surface area contributed by atoms with Gasteiger partial charge in [0, 0.05) is 6.42 Å². The largest absolute Gasteiger partial charge is 0.461 e. The molecule has 146 valence electrons. The molecule has 1 N–H and O–H groups in total. The van der Waals surface area contributed by atoms with Gasteiger partial charge in [-0.05, 0) is 24.3 Å². The van der Waals surface area contributed by atoms with Crippen LogP contribution in [0, 0.1) is 0 Å². The second kappa shape index (κ2) is 9.09. The Labute approximate surface area is 173 Å². The molecular weight excluding hydrogens is 433 g/mol. The first-order valence-corrected chi connectivity index (χ1v) is 9.02. The molecule has 11 heteroatoms. The van der Waals surface area contributed by atoms with E-state index in [9.17, 15) is 9.59 Å². The van der Waals surface area contributed by atoms with Crippen molar-refractivity contribution in [2.75, 3.05) is 11.9 Å². The standard InChI is InChI=1S/C17H12Cl3N3O5/c18-9-6-11(20)12(7-10(9)19)21-14(24)8-27-16(25)4-3-15-22-17(23-28-15)13-2-1-5-26-13/h1-2,5-7H,3-4,8H2,(H,21,24). The van der Waals surface area contributed by atoms with Crippen molar-refractivity contribution in [3.63, 3.8) is 0 Å². The minimum Gasteiger partial charge on any atom is -0.461 e. The van der Waals surface area contributed by atoms with Crippen LogP contribution in [0.2, 0.25) is 15.1 Å². The number of hydrogen-bond donors (Lipinski definition) is 1. The number of carbonyl (C=O) groups excluding carboxylic acids is 2. The van der Waals surface area contributed by atoms with Gasteiger partial charge < -0.3 is 19.0 Å². The molecule has 0 radical (unpaired) electrons. The summed E-state index contributed by atoms with van der Waals surface area (Å²) in [6.45, 7) is -0.489. The molecule has 2 aromatic heterocycles. The highest BCUT2D eigenvalue weighted by Gasteiger charge is 2.15. The summed E-state index contributed by atoms with van der Waals surface area (Å²) in [5.41, 5.74) is 0.258. The maximum Gasteiger partial charge on any atom is 0.306 e. The zero-order valence-corrected chi connectivity index (χ0v) is 16.3. The Morgan fingerprint density at radius 2 is 1.93 bits per heavy atom. The van der Waals surface area contributed by atoms with Crippen molar-refractivity contribution in [1.82, 2.24) is 10.1 Å². The molecule has 3 rings (SSSR count).